The summed E-state index contributed by atoms with van der Waals surface area (Å²) in [5, 5.41) is 12.8. The highest BCUT2D eigenvalue weighted by atomic mass is 19.1. The monoisotopic (exact) mass is 445 g/mol. The summed E-state index contributed by atoms with van der Waals surface area (Å²) >= 11 is 0. The highest BCUT2D eigenvalue weighted by Gasteiger charge is 2.52. The van der Waals surface area contributed by atoms with Crippen LogP contribution in [0.15, 0.2) is 35.3 Å². The number of amides is 2. The summed E-state index contributed by atoms with van der Waals surface area (Å²) < 4.78 is 42.3. The number of fused-ring (bicyclic) bond motifs is 2. The van der Waals surface area contributed by atoms with Crippen molar-refractivity contribution in [2.45, 2.75) is 24.9 Å². The molecule has 1 aromatic carbocycles. The highest BCUT2D eigenvalue weighted by molar-refractivity contribution is 5.99. The minimum absolute atomic E-state index is 0.0690. The first-order valence-corrected chi connectivity index (χ1v) is 10.1. The molecule has 32 heavy (non-hydrogen) atoms. The minimum Gasteiger partial charge on any atom is -0.503 e. The van der Waals surface area contributed by atoms with Crippen LogP contribution in [0.25, 0.3) is 0 Å². The molecule has 10 heteroatoms. The first-order valence-electron chi connectivity index (χ1n) is 10.1. The van der Waals surface area contributed by atoms with Crippen molar-refractivity contribution in [3.63, 3.8) is 0 Å². The van der Waals surface area contributed by atoms with Gasteiger partial charge in [0.25, 0.3) is 11.8 Å². The van der Waals surface area contributed by atoms with Crippen molar-refractivity contribution in [2.75, 3.05) is 13.1 Å². The van der Waals surface area contributed by atoms with Crippen molar-refractivity contribution in [1.29, 1.82) is 0 Å². The van der Waals surface area contributed by atoms with Crippen LogP contribution in [0.3, 0.4) is 0 Å². The number of hydrogen-bond acceptors (Lipinski definition) is 4. The van der Waals surface area contributed by atoms with Crippen molar-refractivity contribution in [1.82, 2.24) is 14.8 Å². The van der Waals surface area contributed by atoms with Gasteiger partial charge in [-0.1, -0.05) is 12.2 Å². The maximum absolute atomic E-state index is 13.9. The summed E-state index contributed by atoms with van der Waals surface area (Å²) in [4.78, 5) is 39.9. The van der Waals surface area contributed by atoms with Gasteiger partial charge in [-0.15, -0.1) is 0 Å². The highest BCUT2D eigenvalue weighted by Crippen LogP contribution is 2.47. The van der Waals surface area contributed by atoms with Crippen molar-refractivity contribution in [3.8, 4) is 5.75 Å². The molecular formula is C22H18F3N3O4. The third-order valence-corrected chi connectivity index (χ3v) is 6.54. The van der Waals surface area contributed by atoms with Gasteiger partial charge in [0.05, 0.1) is 5.54 Å². The molecule has 3 aliphatic rings. The van der Waals surface area contributed by atoms with Gasteiger partial charge in [0, 0.05) is 49.4 Å². The quantitative estimate of drug-likeness (QED) is 0.708. The molecule has 1 aliphatic carbocycles. The van der Waals surface area contributed by atoms with Crippen LogP contribution in [0.5, 0.6) is 5.75 Å². The molecule has 0 saturated carbocycles. The number of carbonyl (C=O) groups is 2. The second kappa shape index (κ2) is 6.98. The van der Waals surface area contributed by atoms with E-state index in [2.05, 4.69) is 5.32 Å². The summed E-state index contributed by atoms with van der Waals surface area (Å²) in [6.45, 7) is 0.220. The molecule has 166 valence electrons. The molecule has 5 rings (SSSR count). The standard InChI is InChI=1S/C22H18F3N3O4/c23-12-6-15(24)13(16(25)7-12)8-26-20(31)14-9-28-17(19(30)18(14)29)21(32)27-5-1-2-11-3-4-22(11,28)10-27/h3-4,6-7,9,11,30H,1-2,5,8,10H2,(H,26,31)/t11-,22+/m1/s1. The van der Waals surface area contributed by atoms with Crippen LogP contribution in [0.1, 0.15) is 39.3 Å². The molecule has 2 bridgehead atoms. The summed E-state index contributed by atoms with van der Waals surface area (Å²) in [7, 11) is 0. The van der Waals surface area contributed by atoms with Crippen LogP contribution < -0.4 is 10.7 Å². The lowest BCUT2D eigenvalue weighted by Gasteiger charge is -2.50. The van der Waals surface area contributed by atoms with Gasteiger partial charge in [-0.2, -0.15) is 0 Å². The molecule has 2 aliphatic heterocycles. The van der Waals surface area contributed by atoms with Crippen molar-refractivity contribution >= 4 is 11.8 Å². The summed E-state index contributed by atoms with van der Waals surface area (Å²) in [6.07, 6.45) is 6.68. The molecule has 0 unspecified atom stereocenters. The Morgan fingerprint density at radius 3 is 2.59 bits per heavy atom. The maximum Gasteiger partial charge on any atom is 0.274 e. The van der Waals surface area contributed by atoms with E-state index in [0.29, 0.717) is 25.2 Å². The molecule has 3 heterocycles. The van der Waals surface area contributed by atoms with E-state index in [0.717, 1.165) is 12.8 Å². The Hall–Kier alpha value is -3.56. The number of allylic oxidation sites excluding steroid dienone is 1. The van der Waals surface area contributed by atoms with Crippen LogP contribution in [0.2, 0.25) is 0 Å². The van der Waals surface area contributed by atoms with Gasteiger partial charge >= 0.3 is 0 Å². The number of pyridine rings is 1. The van der Waals surface area contributed by atoms with Gasteiger partial charge in [-0.25, -0.2) is 13.2 Å². The fraction of sp³-hybridized carbons (Fsp3) is 0.318. The zero-order valence-electron chi connectivity index (χ0n) is 16.7. The number of rotatable bonds is 3. The third kappa shape index (κ3) is 2.78. The Bertz CT molecular complexity index is 1250. The van der Waals surface area contributed by atoms with E-state index >= 15 is 0 Å². The van der Waals surface area contributed by atoms with Crippen LogP contribution >= 0.6 is 0 Å². The Balaban J connectivity index is 1.53. The van der Waals surface area contributed by atoms with Gasteiger partial charge in [-0.05, 0) is 12.8 Å². The Kier molecular flexibility index (Phi) is 4.44. The Morgan fingerprint density at radius 2 is 1.94 bits per heavy atom. The predicted octanol–water partition coefficient (Wildman–Crippen LogP) is 2.03. The number of benzene rings is 1. The third-order valence-electron chi connectivity index (χ3n) is 6.54. The average Bonchev–Trinajstić information content (AvgIpc) is 2.83. The lowest BCUT2D eigenvalue weighted by atomic mass is 9.71. The summed E-state index contributed by atoms with van der Waals surface area (Å²) in [5.41, 5.74) is -2.94. The molecule has 0 radical (unpaired) electrons. The van der Waals surface area contributed by atoms with Crippen LogP contribution in [0.4, 0.5) is 13.2 Å². The first-order chi connectivity index (χ1) is 15.2. The number of halogens is 3. The number of aromatic hydroxyl groups is 1. The molecule has 1 aromatic heterocycles. The van der Waals surface area contributed by atoms with E-state index in [1.165, 1.54) is 10.8 Å². The van der Waals surface area contributed by atoms with Crippen molar-refractivity contribution in [2.24, 2.45) is 5.92 Å². The van der Waals surface area contributed by atoms with Gasteiger partial charge in [-0.3, -0.25) is 14.4 Å². The zero-order chi connectivity index (χ0) is 22.8. The number of carbonyl (C=O) groups excluding carboxylic acids is 2. The van der Waals surface area contributed by atoms with Gasteiger partial charge in [0.1, 0.15) is 23.0 Å². The van der Waals surface area contributed by atoms with E-state index in [4.69, 9.17) is 0 Å². The maximum atomic E-state index is 13.9. The molecular weight excluding hydrogens is 427 g/mol. The smallest absolute Gasteiger partial charge is 0.274 e. The first kappa shape index (κ1) is 20.3. The fourth-order valence-electron chi connectivity index (χ4n) is 4.82. The van der Waals surface area contributed by atoms with Gasteiger partial charge in [0.2, 0.25) is 5.43 Å². The number of aromatic nitrogens is 1. The zero-order valence-corrected chi connectivity index (χ0v) is 16.7. The largest absolute Gasteiger partial charge is 0.503 e. The summed E-state index contributed by atoms with van der Waals surface area (Å²) in [6, 6.07) is 0.964. The fourth-order valence-corrected chi connectivity index (χ4v) is 4.82. The van der Waals surface area contributed by atoms with E-state index in [1.54, 1.807) is 4.90 Å². The molecule has 2 atom stereocenters. The molecule has 1 saturated heterocycles. The Morgan fingerprint density at radius 1 is 1.22 bits per heavy atom. The minimum atomic E-state index is -1.18. The topological polar surface area (TPSA) is 91.6 Å². The van der Waals surface area contributed by atoms with E-state index < -0.39 is 63.7 Å². The van der Waals surface area contributed by atoms with E-state index in [9.17, 15) is 32.7 Å². The van der Waals surface area contributed by atoms with Crippen molar-refractivity contribution < 1.29 is 27.9 Å². The Labute approximate surface area is 179 Å². The lowest BCUT2D eigenvalue weighted by Crippen LogP contribution is -2.58. The molecule has 1 spiro atoms. The average molecular weight is 445 g/mol. The molecule has 7 nitrogen and oxygen atoms in total. The van der Waals surface area contributed by atoms with Crippen LogP contribution in [0, 0.1) is 23.4 Å². The van der Waals surface area contributed by atoms with Crippen LogP contribution in [-0.4, -0.2) is 39.5 Å². The van der Waals surface area contributed by atoms with Crippen molar-refractivity contribution in [3.05, 3.63) is 75.0 Å². The van der Waals surface area contributed by atoms with E-state index in [1.807, 2.05) is 12.2 Å². The van der Waals surface area contributed by atoms with Crippen LogP contribution in [-0.2, 0) is 12.1 Å². The molecule has 1 fully saturated rings. The number of nitrogens with one attached hydrogen (secondary N) is 1. The van der Waals surface area contributed by atoms with Gasteiger partial charge < -0.3 is 19.9 Å². The number of nitrogens with zero attached hydrogens (tertiary/aromatic N) is 2. The lowest BCUT2D eigenvalue weighted by molar-refractivity contribution is 0.0569. The summed E-state index contributed by atoms with van der Waals surface area (Å²) in [5.74, 6) is -5.71. The SMILES string of the molecule is O=C(NCc1c(F)cc(F)cc1F)c1cn2c(c(O)c1=O)C(=O)N1CCC[C@@H]3C=C[C@]32C1. The van der Waals surface area contributed by atoms with Gasteiger partial charge in [0.15, 0.2) is 11.4 Å². The molecule has 2 amide bonds. The molecule has 2 N–H and O–H groups in total. The normalized spacial score (nSPS) is 23.2. The second-order valence-corrected chi connectivity index (χ2v) is 8.30. The number of hydrogen-bond donors (Lipinski definition) is 2. The van der Waals surface area contributed by atoms with E-state index in [-0.39, 0.29) is 11.6 Å². The second-order valence-electron chi connectivity index (χ2n) is 8.30. The predicted molar refractivity (Wildman–Crippen MR) is 106 cm³/mol. The molecule has 2 aromatic rings.